The van der Waals surface area contributed by atoms with E-state index in [0.29, 0.717) is 22.3 Å². The molecule has 1 atom stereocenters. The molecule has 0 unspecified atom stereocenters. The number of benzene rings is 3. The monoisotopic (exact) mass is 575 g/mol. The summed E-state index contributed by atoms with van der Waals surface area (Å²) in [5.74, 6) is -0.853. The molecule has 2 amide bonds. The quantitative estimate of drug-likeness (QED) is 0.330. The van der Waals surface area contributed by atoms with E-state index < -0.39 is 28.5 Å². The van der Waals surface area contributed by atoms with Crippen LogP contribution in [0.5, 0.6) is 0 Å². The van der Waals surface area contributed by atoms with Gasteiger partial charge in [-0.2, -0.15) is 0 Å². The fourth-order valence-corrected chi connectivity index (χ4v) is 5.40. The lowest BCUT2D eigenvalue weighted by molar-refractivity contribution is -0.139. The van der Waals surface area contributed by atoms with E-state index in [0.717, 1.165) is 21.9 Å². The number of hydrogen-bond donors (Lipinski definition) is 1. The predicted octanol–water partition coefficient (Wildman–Crippen LogP) is 5.44. The molecule has 0 aliphatic carbocycles. The van der Waals surface area contributed by atoms with Crippen molar-refractivity contribution in [1.29, 1.82) is 0 Å². The van der Waals surface area contributed by atoms with Gasteiger partial charge in [0.15, 0.2) is 0 Å². The van der Waals surface area contributed by atoms with E-state index >= 15 is 0 Å². The molecule has 0 saturated carbocycles. The number of nitrogens with zero attached hydrogens (tertiary/aromatic N) is 2. The van der Waals surface area contributed by atoms with E-state index in [-0.39, 0.29) is 17.3 Å². The molecule has 0 aliphatic heterocycles. The van der Waals surface area contributed by atoms with Crippen molar-refractivity contribution in [2.75, 3.05) is 17.4 Å². The van der Waals surface area contributed by atoms with E-state index in [2.05, 4.69) is 5.32 Å². The number of amides is 2. The summed E-state index contributed by atoms with van der Waals surface area (Å²) < 4.78 is 28.6. The molecule has 0 aromatic heterocycles. The molecular formula is C28H31Cl2N3O4S. The average Bonchev–Trinajstić information content (AvgIpc) is 2.90. The zero-order valence-corrected chi connectivity index (χ0v) is 23.9. The summed E-state index contributed by atoms with van der Waals surface area (Å²) >= 11 is 12.0. The summed E-state index contributed by atoms with van der Waals surface area (Å²) in [4.78, 5) is 28.1. The summed E-state index contributed by atoms with van der Waals surface area (Å²) in [6.45, 7) is 5.50. The van der Waals surface area contributed by atoms with Crippen LogP contribution in [0.3, 0.4) is 0 Å². The maximum Gasteiger partial charge on any atom is 0.264 e. The van der Waals surface area contributed by atoms with Gasteiger partial charge in [0.05, 0.1) is 10.6 Å². The minimum absolute atomic E-state index is 0.00624. The van der Waals surface area contributed by atoms with Crippen LogP contribution < -0.4 is 9.62 Å². The highest BCUT2D eigenvalue weighted by Gasteiger charge is 2.32. The van der Waals surface area contributed by atoms with E-state index in [9.17, 15) is 18.0 Å². The van der Waals surface area contributed by atoms with Gasteiger partial charge in [-0.1, -0.05) is 60.0 Å². The summed E-state index contributed by atoms with van der Waals surface area (Å²) in [7, 11) is -4.14. The number of anilines is 1. The maximum absolute atomic E-state index is 13.8. The molecule has 0 heterocycles. The molecule has 10 heteroatoms. The Morgan fingerprint density at radius 2 is 1.45 bits per heavy atom. The molecule has 0 aliphatic rings. The lowest BCUT2D eigenvalue weighted by Gasteiger charge is -2.32. The van der Waals surface area contributed by atoms with Crippen LogP contribution in [0.1, 0.15) is 31.4 Å². The van der Waals surface area contributed by atoms with Crippen molar-refractivity contribution in [2.45, 2.75) is 44.7 Å². The second-order valence-electron chi connectivity index (χ2n) is 8.92. The van der Waals surface area contributed by atoms with Crippen molar-refractivity contribution in [3.8, 4) is 0 Å². The lowest BCUT2D eigenvalue weighted by Crippen LogP contribution is -2.51. The molecule has 38 heavy (non-hydrogen) atoms. The normalized spacial score (nSPS) is 12.0. The van der Waals surface area contributed by atoms with E-state index in [1.54, 1.807) is 55.5 Å². The first-order chi connectivity index (χ1) is 18.0. The Kier molecular flexibility index (Phi) is 10.2. The largest absolute Gasteiger partial charge is 0.354 e. The Labute approximate surface area is 234 Å². The number of carbonyl (C=O) groups is 2. The van der Waals surface area contributed by atoms with Crippen LogP contribution in [0, 0.1) is 6.92 Å². The van der Waals surface area contributed by atoms with Crippen LogP contribution >= 0.6 is 23.2 Å². The first-order valence-corrected chi connectivity index (χ1v) is 14.4. The molecule has 3 rings (SSSR count). The van der Waals surface area contributed by atoms with Crippen LogP contribution in [0.25, 0.3) is 0 Å². The van der Waals surface area contributed by atoms with Crippen molar-refractivity contribution in [3.63, 3.8) is 0 Å². The lowest BCUT2D eigenvalue weighted by atomic mass is 10.1. The number of hydrogen-bond acceptors (Lipinski definition) is 4. The third kappa shape index (κ3) is 7.49. The topological polar surface area (TPSA) is 86.8 Å². The van der Waals surface area contributed by atoms with Crippen LogP contribution in [0.4, 0.5) is 5.69 Å². The Morgan fingerprint density at radius 1 is 0.895 bits per heavy atom. The van der Waals surface area contributed by atoms with Gasteiger partial charge in [0, 0.05) is 23.1 Å². The van der Waals surface area contributed by atoms with E-state index in [1.165, 1.54) is 29.2 Å². The van der Waals surface area contributed by atoms with Gasteiger partial charge in [0.2, 0.25) is 11.8 Å². The van der Waals surface area contributed by atoms with Crippen LogP contribution in [-0.4, -0.2) is 44.3 Å². The third-order valence-corrected chi connectivity index (χ3v) is 8.28. The highest BCUT2D eigenvalue weighted by molar-refractivity contribution is 7.92. The van der Waals surface area contributed by atoms with Gasteiger partial charge in [0.25, 0.3) is 10.0 Å². The van der Waals surface area contributed by atoms with Gasteiger partial charge in [-0.15, -0.1) is 0 Å². The van der Waals surface area contributed by atoms with Gasteiger partial charge in [-0.3, -0.25) is 13.9 Å². The van der Waals surface area contributed by atoms with Gasteiger partial charge in [-0.25, -0.2) is 8.42 Å². The second kappa shape index (κ2) is 13.1. The average molecular weight is 577 g/mol. The number of sulfonamides is 1. The molecule has 0 radical (unpaired) electrons. The molecule has 202 valence electrons. The van der Waals surface area contributed by atoms with Crippen molar-refractivity contribution in [1.82, 2.24) is 10.2 Å². The second-order valence-corrected chi connectivity index (χ2v) is 11.7. The summed E-state index contributed by atoms with van der Waals surface area (Å²) in [6.07, 6.45) is 0.740. The summed E-state index contributed by atoms with van der Waals surface area (Å²) in [5, 5.41) is 3.75. The number of halogens is 2. The number of nitrogens with one attached hydrogen (secondary N) is 1. The molecule has 7 nitrogen and oxygen atoms in total. The van der Waals surface area contributed by atoms with E-state index in [1.807, 2.05) is 13.8 Å². The highest BCUT2D eigenvalue weighted by atomic mass is 35.5. The fourth-order valence-electron chi connectivity index (χ4n) is 3.74. The minimum atomic E-state index is -4.14. The van der Waals surface area contributed by atoms with E-state index in [4.69, 9.17) is 23.2 Å². The number of aryl methyl sites for hydroxylation is 1. The standard InChI is InChI=1S/C28H31Cl2N3O4S/c1-4-17-31-28(35)21(3)32(18-22-7-9-23(29)10-8-22)27(34)19-33(25-13-5-20(2)6-14-25)38(36,37)26-15-11-24(30)12-16-26/h5-16,21H,4,17-19H2,1-3H3,(H,31,35)/t21-/m0/s1. The van der Waals surface area contributed by atoms with Crippen LogP contribution in [0.15, 0.2) is 77.7 Å². The highest BCUT2D eigenvalue weighted by Crippen LogP contribution is 2.26. The third-order valence-electron chi connectivity index (χ3n) is 5.99. The van der Waals surface area contributed by atoms with Gasteiger partial charge < -0.3 is 10.2 Å². The van der Waals surface area contributed by atoms with Crippen molar-refractivity contribution >= 4 is 50.7 Å². The van der Waals surface area contributed by atoms with Gasteiger partial charge >= 0.3 is 0 Å². The minimum Gasteiger partial charge on any atom is -0.354 e. The fraction of sp³-hybridized carbons (Fsp3) is 0.286. The number of carbonyl (C=O) groups excluding carboxylic acids is 2. The zero-order chi connectivity index (χ0) is 27.9. The SMILES string of the molecule is CCCNC(=O)[C@H](C)N(Cc1ccc(Cl)cc1)C(=O)CN(c1ccc(C)cc1)S(=O)(=O)c1ccc(Cl)cc1. The maximum atomic E-state index is 13.8. The smallest absolute Gasteiger partial charge is 0.264 e. The number of rotatable bonds is 11. The Balaban J connectivity index is 2.00. The Bertz CT molecular complexity index is 1350. The van der Waals surface area contributed by atoms with Crippen molar-refractivity contribution in [3.05, 3.63) is 94.0 Å². The summed E-state index contributed by atoms with van der Waals surface area (Å²) in [5.41, 5.74) is 2.02. The van der Waals surface area contributed by atoms with Gasteiger partial charge in [0.1, 0.15) is 12.6 Å². The van der Waals surface area contributed by atoms with Gasteiger partial charge in [-0.05, 0) is 74.4 Å². The molecule has 1 N–H and O–H groups in total. The summed E-state index contributed by atoms with van der Waals surface area (Å²) in [6, 6.07) is 18.7. The van der Waals surface area contributed by atoms with Crippen LogP contribution in [0.2, 0.25) is 10.0 Å². The predicted molar refractivity (Wildman–Crippen MR) is 152 cm³/mol. The van der Waals surface area contributed by atoms with Crippen molar-refractivity contribution < 1.29 is 18.0 Å². The van der Waals surface area contributed by atoms with Crippen LogP contribution in [-0.2, 0) is 26.2 Å². The first kappa shape index (κ1) is 29.5. The molecule has 0 fully saturated rings. The molecule has 3 aromatic carbocycles. The molecular weight excluding hydrogens is 545 g/mol. The molecule has 3 aromatic rings. The molecule has 0 bridgehead atoms. The van der Waals surface area contributed by atoms with Crippen molar-refractivity contribution in [2.24, 2.45) is 0 Å². The molecule has 0 spiro atoms. The zero-order valence-electron chi connectivity index (χ0n) is 21.5. The molecule has 0 saturated heterocycles. The Hall–Kier alpha value is -3.07. The Morgan fingerprint density at radius 3 is 2.00 bits per heavy atom. The first-order valence-electron chi connectivity index (χ1n) is 12.2.